The number of benzene rings is 3. The maximum atomic E-state index is 12.9. The van der Waals surface area contributed by atoms with Crippen LogP contribution in [0.3, 0.4) is 0 Å². The number of methoxy groups -OCH3 is 3. The second-order valence-corrected chi connectivity index (χ2v) is 9.36. The molecule has 3 rings (SSSR count). The number of nitrogens with zero attached hydrogens (tertiary/aromatic N) is 2. The fourth-order valence-corrected chi connectivity index (χ4v) is 4.53. The lowest BCUT2D eigenvalue weighted by molar-refractivity contribution is -0.384. The van der Waals surface area contributed by atoms with Crippen molar-refractivity contribution in [1.29, 1.82) is 0 Å². The fraction of sp³-hybridized carbons (Fsp3) is 0.208. The SMILES string of the molecule is COc1cc(OC)c(OC)cc1/C=N\Nc1ccc(S(=O)(=O)Nc2ccc(C)cc2C)cc1[N+](=O)[O-]. The minimum atomic E-state index is -4.07. The summed E-state index contributed by atoms with van der Waals surface area (Å²) in [6.45, 7) is 3.66. The molecule has 0 aromatic heterocycles. The minimum Gasteiger partial charge on any atom is -0.496 e. The third kappa shape index (κ3) is 5.84. The van der Waals surface area contributed by atoms with Gasteiger partial charge in [-0.2, -0.15) is 5.10 Å². The Morgan fingerprint density at radius 2 is 1.53 bits per heavy atom. The summed E-state index contributed by atoms with van der Waals surface area (Å²) < 4.78 is 44.1. The van der Waals surface area contributed by atoms with Crippen molar-refractivity contribution in [3.8, 4) is 17.2 Å². The molecular weight excluding hydrogens is 488 g/mol. The number of ether oxygens (including phenoxy) is 3. The van der Waals surface area contributed by atoms with Crippen molar-refractivity contribution in [3.05, 3.63) is 75.3 Å². The van der Waals surface area contributed by atoms with E-state index in [0.29, 0.717) is 28.5 Å². The Morgan fingerprint density at radius 1 is 0.889 bits per heavy atom. The first kappa shape index (κ1) is 26.3. The number of nitro benzene ring substituents is 1. The molecule has 0 amide bonds. The van der Waals surface area contributed by atoms with Gasteiger partial charge in [-0.05, 0) is 43.7 Å². The molecule has 0 atom stereocenters. The molecule has 12 heteroatoms. The zero-order valence-corrected chi connectivity index (χ0v) is 21.2. The molecule has 190 valence electrons. The van der Waals surface area contributed by atoms with Crippen LogP contribution in [0.15, 0.2) is 58.5 Å². The molecule has 11 nitrogen and oxygen atoms in total. The highest BCUT2D eigenvalue weighted by molar-refractivity contribution is 7.92. The Kier molecular flexibility index (Phi) is 8.00. The molecule has 0 unspecified atom stereocenters. The Balaban J connectivity index is 1.88. The van der Waals surface area contributed by atoms with Gasteiger partial charge in [0.2, 0.25) is 0 Å². The number of sulfonamides is 1. The third-order valence-electron chi connectivity index (χ3n) is 5.23. The van der Waals surface area contributed by atoms with E-state index in [2.05, 4.69) is 15.2 Å². The average Bonchev–Trinajstić information content (AvgIpc) is 2.85. The summed E-state index contributed by atoms with van der Waals surface area (Å²) in [5.41, 5.74) is 4.74. The normalized spacial score (nSPS) is 11.2. The molecule has 0 aliphatic heterocycles. The smallest absolute Gasteiger partial charge is 0.295 e. The van der Waals surface area contributed by atoms with E-state index in [0.717, 1.165) is 17.2 Å². The van der Waals surface area contributed by atoms with Crippen LogP contribution in [0.25, 0.3) is 0 Å². The first-order valence-electron chi connectivity index (χ1n) is 10.6. The van der Waals surface area contributed by atoms with Crippen molar-refractivity contribution in [2.45, 2.75) is 18.7 Å². The standard InChI is InChI=1S/C24H26N4O7S/c1-15-6-8-19(16(2)10-15)27-36(31,32)18-7-9-20(21(12-18)28(29)30)26-25-14-17-11-23(34-4)24(35-5)13-22(17)33-3/h6-14,26-27H,1-5H3/b25-14-. The van der Waals surface area contributed by atoms with E-state index < -0.39 is 20.6 Å². The van der Waals surface area contributed by atoms with Gasteiger partial charge in [0.25, 0.3) is 15.7 Å². The van der Waals surface area contributed by atoms with E-state index in [1.807, 2.05) is 13.0 Å². The fourth-order valence-electron chi connectivity index (χ4n) is 3.38. The molecule has 2 N–H and O–H groups in total. The number of anilines is 2. The van der Waals surface area contributed by atoms with Crippen LogP contribution >= 0.6 is 0 Å². The molecular formula is C24H26N4O7S. The largest absolute Gasteiger partial charge is 0.496 e. The highest BCUT2D eigenvalue weighted by Crippen LogP contribution is 2.34. The molecule has 0 radical (unpaired) electrons. The number of rotatable bonds is 10. The van der Waals surface area contributed by atoms with Crippen LogP contribution in [-0.4, -0.2) is 40.9 Å². The summed E-state index contributed by atoms with van der Waals surface area (Å²) in [5.74, 6) is 1.34. The number of hydrogen-bond acceptors (Lipinski definition) is 9. The van der Waals surface area contributed by atoms with Crippen molar-refractivity contribution in [1.82, 2.24) is 0 Å². The summed E-state index contributed by atoms with van der Waals surface area (Å²) in [6, 6.07) is 12.0. The maximum absolute atomic E-state index is 12.9. The molecule has 0 aliphatic carbocycles. The number of aryl methyl sites for hydroxylation is 2. The molecule has 0 fully saturated rings. The number of hydrazone groups is 1. The molecule has 0 bridgehead atoms. The van der Waals surface area contributed by atoms with Gasteiger partial charge in [0.15, 0.2) is 11.5 Å². The molecule has 0 spiro atoms. The molecule has 0 saturated heterocycles. The number of nitro groups is 1. The highest BCUT2D eigenvalue weighted by atomic mass is 32.2. The van der Waals surface area contributed by atoms with Crippen LogP contribution in [0.2, 0.25) is 0 Å². The monoisotopic (exact) mass is 514 g/mol. The van der Waals surface area contributed by atoms with E-state index in [4.69, 9.17) is 14.2 Å². The Labute approximate surface area is 208 Å². The molecule has 3 aromatic carbocycles. The van der Waals surface area contributed by atoms with Gasteiger partial charge in [0, 0.05) is 17.7 Å². The predicted molar refractivity (Wildman–Crippen MR) is 137 cm³/mol. The molecule has 0 aliphatic rings. The third-order valence-corrected chi connectivity index (χ3v) is 6.59. The first-order chi connectivity index (χ1) is 17.1. The minimum absolute atomic E-state index is 0.00107. The molecule has 36 heavy (non-hydrogen) atoms. The Bertz CT molecular complexity index is 1420. The van der Waals surface area contributed by atoms with E-state index in [1.54, 1.807) is 31.2 Å². The van der Waals surface area contributed by atoms with Crippen molar-refractivity contribution >= 4 is 33.3 Å². The van der Waals surface area contributed by atoms with E-state index >= 15 is 0 Å². The van der Waals surface area contributed by atoms with E-state index in [-0.39, 0.29) is 10.6 Å². The average molecular weight is 515 g/mol. The molecule has 3 aromatic rings. The van der Waals surface area contributed by atoms with Crippen molar-refractivity contribution in [2.75, 3.05) is 31.5 Å². The van der Waals surface area contributed by atoms with Crippen molar-refractivity contribution < 1.29 is 27.6 Å². The predicted octanol–water partition coefficient (Wildman–Crippen LogP) is 4.48. The van der Waals surface area contributed by atoms with Gasteiger partial charge in [-0.15, -0.1) is 0 Å². The summed E-state index contributed by atoms with van der Waals surface area (Å²) in [6.07, 6.45) is 1.39. The van der Waals surface area contributed by atoms with E-state index in [1.165, 1.54) is 39.7 Å². The van der Waals surface area contributed by atoms with Crippen LogP contribution in [-0.2, 0) is 10.0 Å². The second kappa shape index (κ2) is 11.0. The quantitative estimate of drug-likeness (QED) is 0.229. The molecule has 0 saturated carbocycles. The number of hydrogen-bond donors (Lipinski definition) is 2. The Hall–Kier alpha value is -4.32. The summed E-state index contributed by atoms with van der Waals surface area (Å²) in [5, 5.41) is 15.7. The van der Waals surface area contributed by atoms with Gasteiger partial charge in [0.1, 0.15) is 11.4 Å². The number of nitrogens with one attached hydrogen (secondary N) is 2. The molecule has 0 heterocycles. The summed E-state index contributed by atoms with van der Waals surface area (Å²) >= 11 is 0. The van der Waals surface area contributed by atoms with Crippen LogP contribution in [0, 0.1) is 24.0 Å². The van der Waals surface area contributed by atoms with E-state index in [9.17, 15) is 18.5 Å². The maximum Gasteiger partial charge on any atom is 0.295 e. The van der Waals surface area contributed by atoms with Crippen molar-refractivity contribution in [2.24, 2.45) is 5.10 Å². The lowest BCUT2D eigenvalue weighted by Gasteiger charge is -2.12. The lowest BCUT2D eigenvalue weighted by atomic mass is 10.1. The zero-order chi connectivity index (χ0) is 26.5. The topological polar surface area (TPSA) is 141 Å². The summed E-state index contributed by atoms with van der Waals surface area (Å²) in [4.78, 5) is 10.7. The van der Waals surface area contributed by atoms with Gasteiger partial charge >= 0.3 is 0 Å². The van der Waals surface area contributed by atoms with Crippen LogP contribution in [0.4, 0.5) is 17.1 Å². The van der Waals surface area contributed by atoms with Gasteiger partial charge in [-0.3, -0.25) is 20.3 Å². The van der Waals surface area contributed by atoms with Gasteiger partial charge in [-0.1, -0.05) is 17.7 Å². The van der Waals surface area contributed by atoms with Crippen LogP contribution in [0.5, 0.6) is 17.2 Å². The van der Waals surface area contributed by atoms with Gasteiger partial charge < -0.3 is 14.2 Å². The second-order valence-electron chi connectivity index (χ2n) is 7.68. The first-order valence-corrected chi connectivity index (χ1v) is 12.1. The van der Waals surface area contributed by atoms with Gasteiger partial charge in [0.05, 0.1) is 43.1 Å². The summed E-state index contributed by atoms with van der Waals surface area (Å²) in [7, 11) is 0.380. The van der Waals surface area contributed by atoms with Crippen molar-refractivity contribution in [3.63, 3.8) is 0 Å². The Morgan fingerprint density at radius 3 is 2.14 bits per heavy atom. The van der Waals surface area contributed by atoms with Gasteiger partial charge in [-0.25, -0.2) is 8.42 Å². The van der Waals surface area contributed by atoms with Crippen LogP contribution < -0.4 is 24.4 Å². The highest BCUT2D eigenvalue weighted by Gasteiger charge is 2.22. The zero-order valence-electron chi connectivity index (χ0n) is 20.4. The lowest BCUT2D eigenvalue weighted by Crippen LogP contribution is -2.14. The van der Waals surface area contributed by atoms with Crippen LogP contribution in [0.1, 0.15) is 16.7 Å².